The molecule has 1 saturated carbocycles. The van der Waals surface area contributed by atoms with Gasteiger partial charge in [-0.05, 0) is 63.4 Å². The standard InChI is InChI=1S/C27H24ClN5O3/c1-16(2)35-27(34)32-23-10-7-17(13-22(23)28)25-21(15-29)20-9-8-19(36-26-30-11-4-12-31-26)14-24(20)33(25)18-5-3-6-18/h4,7-14,16,18H,3,5-6H2,1-2H3,(H,32,34). The summed E-state index contributed by atoms with van der Waals surface area (Å²) in [6.45, 7) is 3.55. The van der Waals surface area contributed by atoms with Crippen LogP contribution in [0.2, 0.25) is 5.02 Å². The van der Waals surface area contributed by atoms with Crippen LogP contribution in [0.5, 0.6) is 11.8 Å². The Hall–Kier alpha value is -4.09. The number of hydrogen-bond acceptors (Lipinski definition) is 6. The van der Waals surface area contributed by atoms with Crippen molar-refractivity contribution in [3.63, 3.8) is 0 Å². The molecule has 0 aliphatic heterocycles. The second kappa shape index (κ2) is 9.88. The van der Waals surface area contributed by atoms with Gasteiger partial charge in [0.15, 0.2) is 0 Å². The van der Waals surface area contributed by atoms with Crippen molar-refractivity contribution in [1.82, 2.24) is 14.5 Å². The number of benzene rings is 2. The number of anilines is 1. The van der Waals surface area contributed by atoms with Gasteiger partial charge in [0.2, 0.25) is 0 Å². The molecule has 1 aliphatic rings. The molecule has 5 rings (SSSR count). The number of fused-ring (bicyclic) bond motifs is 1. The fourth-order valence-corrected chi connectivity index (χ4v) is 4.56. The van der Waals surface area contributed by atoms with Crippen LogP contribution in [-0.2, 0) is 4.74 Å². The third-order valence-corrected chi connectivity index (χ3v) is 6.41. The highest BCUT2D eigenvalue weighted by molar-refractivity contribution is 6.34. The van der Waals surface area contributed by atoms with Gasteiger partial charge in [-0.1, -0.05) is 17.7 Å². The van der Waals surface area contributed by atoms with Crippen molar-refractivity contribution < 1.29 is 14.3 Å². The van der Waals surface area contributed by atoms with E-state index in [1.807, 2.05) is 24.3 Å². The number of rotatable bonds is 6. The lowest BCUT2D eigenvalue weighted by Crippen LogP contribution is -2.18. The van der Waals surface area contributed by atoms with Crippen LogP contribution in [0.15, 0.2) is 54.9 Å². The van der Waals surface area contributed by atoms with Gasteiger partial charge in [-0.15, -0.1) is 0 Å². The summed E-state index contributed by atoms with van der Waals surface area (Å²) in [5, 5.41) is 14.0. The van der Waals surface area contributed by atoms with Crippen LogP contribution in [0.3, 0.4) is 0 Å². The number of halogens is 1. The Morgan fingerprint density at radius 1 is 1.19 bits per heavy atom. The Labute approximate surface area is 213 Å². The molecule has 1 N–H and O–H groups in total. The fraction of sp³-hybridized carbons (Fsp3) is 0.259. The van der Waals surface area contributed by atoms with Crippen molar-refractivity contribution in [3.8, 4) is 29.1 Å². The Morgan fingerprint density at radius 3 is 2.61 bits per heavy atom. The van der Waals surface area contributed by atoms with E-state index < -0.39 is 6.09 Å². The molecular formula is C27H24ClN5O3. The van der Waals surface area contributed by atoms with Gasteiger partial charge >= 0.3 is 12.1 Å². The normalized spacial score (nSPS) is 13.3. The first-order valence-electron chi connectivity index (χ1n) is 11.7. The van der Waals surface area contributed by atoms with Crippen LogP contribution in [0.1, 0.15) is 44.7 Å². The lowest BCUT2D eigenvalue weighted by atomic mass is 9.92. The molecule has 0 unspecified atom stereocenters. The maximum absolute atomic E-state index is 12.0. The number of carbonyl (C=O) groups is 1. The molecule has 0 saturated heterocycles. The van der Waals surface area contributed by atoms with Crippen LogP contribution in [0, 0.1) is 11.3 Å². The molecule has 1 fully saturated rings. The van der Waals surface area contributed by atoms with E-state index in [0.717, 1.165) is 41.4 Å². The molecule has 2 aromatic carbocycles. The van der Waals surface area contributed by atoms with Crippen molar-refractivity contribution in [1.29, 1.82) is 5.26 Å². The average Bonchev–Trinajstić information content (AvgIpc) is 3.13. The van der Waals surface area contributed by atoms with E-state index in [9.17, 15) is 10.1 Å². The maximum atomic E-state index is 12.0. The summed E-state index contributed by atoms with van der Waals surface area (Å²) in [5.41, 5.74) is 3.49. The predicted molar refractivity (Wildman–Crippen MR) is 137 cm³/mol. The summed E-state index contributed by atoms with van der Waals surface area (Å²) in [5.74, 6) is 0.587. The van der Waals surface area contributed by atoms with Gasteiger partial charge in [-0.2, -0.15) is 5.26 Å². The number of carbonyl (C=O) groups excluding carboxylic acids is 1. The van der Waals surface area contributed by atoms with Gasteiger partial charge in [0.1, 0.15) is 11.8 Å². The van der Waals surface area contributed by atoms with Crippen LogP contribution in [0.4, 0.5) is 10.5 Å². The molecule has 2 aromatic heterocycles. The summed E-state index contributed by atoms with van der Waals surface area (Å²) < 4.78 is 13.2. The highest BCUT2D eigenvalue weighted by atomic mass is 35.5. The van der Waals surface area contributed by atoms with Crippen LogP contribution < -0.4 is 10.1 Å². The third kappa shape index (κ3) is 4.58. The summed E-state index contributed by atoms with van der Waals surface area (Å²) in [7, 11) is 0. The molecule has 1 aliphatic carbocycles. The molecule has 9 heteroatoms. The number of nitriles is 1. The topological polar surface area (TPSA) is 102 Å². The smallest absolute Gasteiger partial charge is 0.411 e. The molecule has 0 radical (unpaired) electrons. The highest BCUT2D eigenvalue weighted by Crippen LogP contribution is 2.44. The summed E-state index contributed by atoms with van der Waals surface area (Å²) in [6, 6.07) is 15.6. The molecule has 2 heterocycles. The van der Waals surface area contributed by atoms with Crippen molar-refractivity contribution in [2.45, 2.75) is 45.3 Å². The SMILES string of the molecule is CC(C)OC(=O)Nc1ccc(-c2c(C#N)c3ccc(Oc4ncccn4)cc3n2C2CCC2)cc1Cl. The Bertz CT molecular complexity index is 1470. The monoisotopic (exact) mass is 501 g/mol. The number of ether oxygens (including phenoxy) is 2. The van der Waals surface area contributed by atoms with Crippen LogP contribution in [0.25, 0.3) is 22.2 Å². The van der Waals surface area contributed by atoms with Gasteiger partial charge in [0.05, 0.1) is 33.6 Å². The zero-order chi connectivity index (χ0) is 25.2. The molecular weight excluding hydrogens is 478 g/mol. The molecule has 8 nitrogen and oxygen atoms in total. The van der Waals surface area contributed by atoms with Crippen molar-refractivity contribution >= 4 is 34.3 Å². The average molecular weight is 502 g/mol. The van der Waals surface area contributed by atoms with Gasteiger partial charge in [0.25, 0.3) is 0 Å². The number of nitrogens with one attached hydrogen (secondary N) is 1. The fourth-order valence-electron chi connectivity index (χ4n) is 4.34. The molecule has 0 bridgehead atoms. The van der Waals surface area contributed by atoms with E-state index in [1.165, 1.54) is 0 Å². The molecule has 0 atom stereocenters. The number of hydrogen-bond donors (Lipinski definition) is 1. The van der Waals surface area contributed by atoms with E-state index in [-0.39, 0.29) is 18.2 Å². The first-order chi connectivity index (χ1) is 17.4. The third-order valence-electron chi connectivity index (χ3n) is 6.10. The maximum Gasteiger partial charge on any atom is 0.411 e. The highest BCUT2D eigenvalue weighted by Gasteiger charge is 2.28. The van der Waals surface area contributed by atoms with Gasteiger partial charge in [-0.3, -0.25) is 5.32 Å². The van der Waals surface area contributed by atoms with E-state index >= 15 is 0 Å². The van der Waals surface area contributed by atoms with E-state index in [4.69, 9.17) is 21.1 Å². The lowest BCUT2D eigenvalue weighted by molar-refractivity contribution is 0.130. The minimum Gasteiger partial charge on any atom is -0.447 e. The Morgan fingerprint density at radius 2 is 1.97 bits per heavy atom. The van der Waals surface area contributed by atoms with Crippen LogP contribution in [-0.4, -0.2) is 26.7 Å². The van der Waals surface area contributed by atoms with E-state index in [1.54, 1.807) is 44.4 Å². The minimum atomic E-state index is -0.573. The van der Waals surface area contributed by atoms with Crippen molar-refractivity contribution in [3.05, 3.63) is 65.4 Å². The lowest BCUT2D eigenvalue weighted by Gasteiger charge is -2.30. The Kier molecular flexibility index (Phi) is 6.49. The second-order valence-corrected chi connectivity index (χ2v) is 9.28. The molecule has 4 aromatic rings. The Balaban J connectivity index is 1.59. The zero-order valence-corrected chi connectivity index (χ0v) is 20.6. The second-order valence-electron chi connectivity index (χ2n) is 8.88. The van der Waals surface area contributed by atoms with E-state index in [0.29, 0.717) is 22.0 Å². The first kappa shape index (κ1) is 23.6. The number of nitrogens with zero attached hydrogens (tertiary/aromatic N) is 4. The van der Waals surface area contributed by atoms with Gasteiger partial charge < -0.3 is 14.0 Å². The zero-order valence-electron chi connectivity index (χ0n) is 19.9. The van der Waals surface area contributed by atoms with Gasteiger partial charge in [-0.25, -0.2) is 14.8 Å². The predicted octanol–water partition coefficient (Wildman–Crippen LogP) is 7.10. The number of aromatic nitrogens is 3. The van der Waals surface area contributed by atoms with Gasteiger partial charge in [0, 0.05) is 35.5 Å². The van der Waals surface area contributed by atoms with E-state index in [2.05, 4.69) is 25.9 Å². The molecule has 182 valence electrons. The molecule has 36 heavy (non-hydrogen) atoms. The quantitative estimate of drug-likeness (QED) is 0.302. The summed E-state index contributed by atoms with van der Waals surface area (Å²) in [4.78, 5) is 20.3. The largest absolute Gasteiger partial charge is 0.447 e. The number of amides is 1. The van der Waals surface area contributed by atoms with Crippen LogP contribution >= 0.6 is 11.6 Å². The minimum absolute atomic E-state index is 0.248. The van der Waals surface area contributed by atoms with Crippen molar-refractivity contribution in [2.75, 3.05) is 5.32 Å². The van der Waals surface area contributed by atoms with Crippen molar-refractivity contribution in [2.24, 2.45) is 0 Å². The summed E-state index contributed by atoms with van der Waals surface area (Å²) in [6.07, 6.45) is 5.58. The molecule has 0 spiro atoms. The first-order valence-corrected chi connectivity index (χ1v) is 12.1. The summed E-state index contributed by atoms with van der Waals surface area (Å²) >= 11 is 6.55. The molecule has 1 amide bonds.